The van der Waals surface area contributed by atoms with Crippen LogP contribution in [0.15, 0.2) is 0 Å². The van der Waals surface area contributed by atoms with Crippen LogP contribution in [0.5, 0.6) is 0 Å². The summed E-state index contributed by atoms with van der Waals surface area (Å²) in [5, 5.41) is 17.0. The van der Waals surface area contributed by atoms with Crippen molar-refractivity contribution in [3.8, 4) is 0 Å². The van der Waals surface area contributed by atoms with Gasteiger partial charge in [-0.1, -0.05) is 0 Å². The summed E-state index contributed by atoms with van der Waals surface area (Å²) in [5.74, 6) is 0. The first-order chi connectivity index (χ1) is 11.4. The van der Waals surface area contributed by atoms with Gasteiger partial charge in [0.05, 0.1) is 79.3 Å². The predicted molar refractivity (Wildman–Crippen MR) is 80.2 cm³/mol. The second kappa shape index (κ2) is 21.6. The molecular weight excluding hydrogens is 312 g/mol. The van der Waals surface area contributed by atoms with Gasteiger partial charge in [0.2, 0.25) is 0 Å². The highest BCUT2D eigenvalue weighted by atomic mass is 16.7. The van der Waals surface area contributed by atoms with Gasteiger partial charge in [0.15, 0.2) is 0 Å². The quantitative estimate of drug-likeness (QED) is 0.213. The number of ether oxygens (including phenoxy) is 7. The van der Waals surface area contributed by atoms with Crippen LogP contribution < -0.4 is 0 Å². The Kier molecular flexibility index (Phi) is 21.3. The number of hydrogen-bond acceptors (Lipinski definition) is 9. The molecule has 0 radical (unpaired) electrons. The maximum atomic E-state index is 8.48. The highest BCUT2D eigenvalue weighted by molar-refractivity contribution is 4.33. The van der Waals surface area contributed by atoms with Crippen LogP contribution in [0.25, 0.3) is 0 Å². The minimum Gasteiger partial charge on any atom is -0.394 e. The summed E-state index contributed by atoms with van der Waals surface area (Å²) in [6, 6.07) is 0. The van der Waals surface area contributed by atoms with Crippen LogP contribution in [0.1, 0.15) is 0 Å². The zero-order valence-corrected chi connectivity index (χ0v) is 13.7. The molecule has 0 aliphatic rings. The summed E-state index contributed by atoms with van der Waals surface area (Å²) >= 11 is 0. The molecule has 9 nitrogen and oxygen atoms in total. The van der Waals surface area contributed by atoms with E-state index in [0.717, 1.165) is 0 Å². The zero-order chi connectivity index (χ0) is 16.8. The summed E-state index contributed by atoms with van der Waals surface area (Å²) in [5.41, 5.74) is 0. The van der Waals surface area contributed by atoms with Gasteiger partial charge in [0.25, 0.3) is 0 Å². The minimum absolute atomic E-state index is 0.0215. The van der Waals surface area contributed by atoms with Gasteiger partial charge in [-0.2, -0.15) is 0 Å². The van der Waals surface area contributed by atoms with Gasteiger partial charge >= 0.3 is 0 Å². The molecule has 2 N–H and O–H groups in total. The molecule has 0 amide bonds. The lowest BCUT2D eigenvalue weighted by atomic mass is 10.7. The molecule has 0 fully saturated rings. The first kappa shape index (κ1) is 22.6. The largest absolute Gasteiger partial charge is 0.394 e. The van der Waals surface area contributed by atoms with Gasteiger partial charge in [0.1, 0.15) is 13.6 Å². The molecule has 0 spiro atoms. The van der Waals surface area contributed by atoms with Crippen molar-refractivity contribution >= 4 is 0 Å². The van der Waals surface area contributed by atoms with Gasteiger partial charge < -0.3 is 43.4 Å². The lowest BCUT2D eigenvalue weighted by Gasteiger charge is -2.08. The van der Waals surface area contributed by atoms with E-state index in [1.54, 1.807) is 0 Å². The lowest BCUT2D eigenvalue weighted by Crippen LogP contribution is -2.14. The van der Waals surface area contributed by atoms with Gasteiger partial charge in [-0.15, -0.1) is 0 Å². The Labute approximate surface area is 137 Å². The molecule has 0 unspecified atom stereocenters. The maximum absolute atomic E-state index is 8.48. The lowest BCUT2D eigenvalue weighted by molar-refractivity contribution is -0.142. The van der Waals surface area contributed by atoms with E-state index in [2.05, 4.69) is 0 Å². The summed E-state index contributed by atoms with van der Waals surface area (Å²) in [4.78, 5) is 0. The van der Waals surface area contributed by atoms with E-state index < -0.39 is 0 Å². The smallest absolute Gasteiger partial charge is 0.149 e. The Morgan fingerprint density at radius 1 is 0.348 bits per heavy atom. The van der Waals surface area contributed by atoms with Gasteiger partial charge in [-0.3, -0.25) is 0 Å². The van der Waals surface area contributed by atoms with Crippen molar-refractivity contribution in [2.24, 2.45) is 0 Å². The molecule has 0 heterocycles. The minimum atomic E-state index is 0.0215. The van der Waals surface area contributed by atoms with E-state index >= 15 is 0 Å². The second-order valence-corrected chi connectivity index (χ2v) is 4.15. The number of aliphatic hydroxyl groups is 2. The molecule has 0 saturated heterocycles. The van der Waals surface area contributed by atoms with Crippen LogP contribution in [-0.2, 0) is 33.2 Å². The van der Waals surface area contributed by atoms with E-state index in [-0.39, 0.29) is 26.8 Å². The van der Waals surface area contributed by atoms with E-state index in [4.69, 9.17) is 43.4 Å². The monoisotopic (exact) mass is 342 g/mol. The van der Waals surface area contributed by atoms with Crippen molar-refractivity contribution in [1.29, 1.82) is 0 Å². The third kappa shape index (κ3) is 21.6. The third-order valence-electron chi connectivity index (χ3n) is 2.29. The van der Waals surface area contributed by atoms with Crippen molar-refractivity contribution < 1.29 is 43.4 Å². The van der Waals surface area contributed by atoms with E-state index in [1.807, 2.05) is 0 Å². The molecule has 0 saturated carbocycles. The fraction of sp³-hybridized carbons (Fsp3) is 1.00. The van der Waals surface area contributed by atoms with Gasteiger partial charge in [0, 0.05) is 0 Å². The Morgan fingerprint density at radius 3 is 1.00 bits per heavy atom. The number of aliphatic hydroxyl groups excluding tert-OH is 2. The third-order valence-corrected chi connectivity index (χ3v) is 2.29. The molecule has 23 heavy (non-hydrogen) atoms. The molecule has 0 aromatic heterocycles. The SMILES string of the molecule is OCCOCCOCCOCOCOCCOCCOCCO. The molecule has 140 valence electrons. The van der Waals surface area contributed by atoms with Crippen LogP contribution in [0.3, 0.4) is 0 Å². The average Bonchev–Trinajstić information content (AvgIpc) is 2.57. The topological polar surface area (TPSA) is 105 Å². The van der Waals surface area contributed by atoms with Crippen molar-refractivity contribution in [3.05, 3.63) is 0 Å². The Bertz CT molecular complexity index is 187. The highest BCUT2D eigenvalue weighted by Crippen LogP contribution is 1.85. The molecule has 0 aromatic carbocycles. The van der Waals surface area contributed by atoms with Crippen LogP contribution in [0.4, 0.5) is 0 Å². The van der Waals surface area contributed by atoms with Crippen molar-refractivity contribution in [2.45, 2.75) is 0 Å². The fourth-order valence-electron chi connectivity index (χ4n) is 1.28. The standard InChI is InChI=1S/C14H30O9/c15-1-3-17-5-7-19-9-11-21-13-23-14-22-12-10-20-8-6-18-4-2-16/h15-16H,1-14H2. The van der Waals surface area contributed by atoms with Gasteiger partial charge in [-0.05, 0) is 0 Å². The molecule has 9 heteroatoms. The summed E-state index contributed by atoms with van der Waals surface area (Å²) in [6.07, 6.45) is 0. The van der Waals surface area contributed by atoms with Crippen LogP contribution in [0, 0.1) is 0 Å². The molecule has 0 aromatic rings. The van der Waals surface area contributed by atoms with Crippen molar-refractivity contribution in [1.82, 2.24) is 0 Å². The second-order valence-electron chi connectivity index (χ2n) is 4.15. The predicted octanol–water partition coefficient (Wildman–Crippen LogP) is -0.998. The summed E-state index contributed by atoms with van der Waals surface area (Å²) in [7, 11) is 0. The van der Waals surface area contributed by atoms with Crippen LogP contribution in [0.2, 0.25) is 0 Å². The maximum Gasteiger partial charge on any atom is 0.149 e. The van der Waals surface area contributed by atoms with Crippen molar-refractivity contribution in [2.75, 3.05) is 92.9 Å². The van der Waals surface area contributed by atoms with E-state index in [0.29, 0.717) is 66.1 Å². The molecule has 0 rings (SSSR count). The number of rotatable bonds is 20. The normalized spacial score (nSPS) is 11.2. The van der Waals surface area contributed by atoms with Crippen molar-refractivity contribution in [3.63, 3.8) is 0 Å². The molecule has 0 aliphatic heterocycles. The average molecular weight is 342 g/mol. The van der Waals surface area contributed by atoms with E-state index in [1.165, 1.54) is 0 Å². The molecule has 0 aliphatic carbocycles. The molecule has 0 atom stereocenters. The Balaban J connectivity index is 2.92. The zero-order valence-electron chi connectivity index (χ0n) is 13.7. The van der Waals surface area contributed by atoms with E-state index in [9.17, 15) is 0 Å². The Morgan fingerprint density at radius 2 is 0.652 bits per heavy atom. The fourth-order valence-corrected chi connectivity index (χ4v) is 1.28. The van der Waals surface area contributed by atoms with Crippen LogP contribution in [-0.4, -0.2) is 103 Å². The molecule has 0 bridgehead atoms. The summed E-state index contributed by atoms with van der Waals surface area (Å²) < 4.78 is 35.9. The summed E-state index contributed by atoms with van der Waals surface area (Å²) in [6.45, 7) is 4.61. The molecular formula is C14H30O9. The van der Waals surface area contributed by atoms with Gasteiger partial charge in [-0.25, -0.2) is 0 Å². The first-order valence-corrected chi connectivity index (χ1v) is 7.67. The highest BCUT2D eigenvalue weighted by Gasteiger charge is 1.93. The van der Waals surface area contributed by atoms with Crippen LogP contribution >= 0.6 is 0 Å². The first-order valence-electron chi connectivity index (χ1n) is 7.67. The Hall–Kier alpha value is -0.360. The number of hydrogen-bond donors (Lipinski definition) is 2.